The summed E-state index contributed by atoms with van der Waals surface area (Å²) in [4.78, 5) is 12.3. The van der Waals surface area contributed by atoms with Crippen LogP contribution in [0, 0.1) is 6.92 Å². The van der Waals surface area contributed by atoms with E-state index in [1.807, 2.05) is 6.92 Å². The largest absolute Gasteiger partial charge is 0.496 e. The van der Waals surface area contributed by atoms with Gasteiger partial charge in [-0.25, -0.2) is 13.1 Å². The fraction of sp³-hybridized carbons (Fsp3) is 0.278. The Labute approximate surface area is 151 Å². The number of fused-ring (bicyclic) bond motifs is 1. The van der Waals surface area contributed by atoms with Crippen LogP contribution in [0.25, 0.3) is 0 Å². The molecular formula is C18H19NO6S. The summed E-state index contributed by atoms with van der Waals surface area (Å²) in [5.41, 5.74) is 1.03. The highest BCUT2D eigenvalue weighted by Gasteiger charge is 2.22. The molecule has 2 aromatic rings. The normalized spacial score (nSPS) is 13.6. The number of ether oxygens (including phenoxy) is 3. The van der Waals surface area contributed by atoms with Crippen molar-refractivity contribution in [2.24, 2.45) is 0 Å². The number of aryl methyl sites for hydroxylation is 1. The fourth-order valence-corrected chi connectivity index (χ4v) is 3.50. The van der Waals surface area contributed by atoms with Crippen LogP contribution >= 0.6 is 0 Å². The van der Waals surface area contributed by atoms with E-state index in [4.69, 9.17) is 14.2 Å². The third-order valence-corrected chi connectivity index (χ3v) is 5.26. The van der Waals surface area contributed by atoms with Gasteiger partial charge in [0.25, 0.3) is 15.9 Å². The number of carbonyl (C=O) groups is 1. The Kier molecular flexibility index (Phi) is 5.03. The Balaban J connectivity index is 1.84. The van der Waals surface area contributed by atoms with Crippen LogP contribution in [0.15, 0.2) is 41.3 Å². The van der Waals surface area contributed by atoms with Gasteiger partial charge in [-0.15, -0.1) is 0 Å². The van der Waals surface area contributed by atoms with Crippen LogP contribution < -0.4 is 18.9 Å². The minimum absolute atomic E-state index is 0.0748. The summed E-state index contributed by atoms with van der Waals surface area (Å²) in [5, 5.41) is 0. The van der Waals surface area contributed by atoms with E-state index in [1.54, 1.807) is 6.07 Å². The highest BCUT2D eigenvalue weighted by Crippen LogP contribution is 2.32. The maximum Gasteiger partial charge on any atom is 0.265 e. The molecule has 0 radical (unpaired) electrons. The average Bonchev–Trinajstić information content (AvgIpc) is 2.86. The molecule has 1 N–H and O–H groups in total. The van der Waals surface area contributed by atoms with E-state index in [0.29, 0.717) is 36.9 Å². The lowest BCUT2D eigenvalue weighted by Crippen LogP contribution is -2.30. The van der Waals surface area contributed by atoms with E-state index in [1.165, 1.54) is 37.4 Å². The molecule has 0 bridgehead atoms. The molecule has 2 aromatic carbocycles. The molecule has 1 heterocycles. The number of amides is 1. The van der Waals surface area contributed by atoms with Crippen molar-refractivity contribution in [1.29, 1.82) is 0 Å². The topological polar surface area (TPSA) is 90.9 Å². The van der Waals surface area contributed by atoms with Crippen LogP contribution in [0.3, 0.4) is 0 Å². The van der Waals surface area contributed by atoms with Gasteiger partial charge in [-0.05, 0) is 36.8 Å². The van der Waals surface area contributed by atoms with E-state index in [0.717, 1.165) is 5.56 Å². The van der Waals surface area contributed by atoms with Crippen LogP contribution in [0.2, 0.25) is 0 Å². The van der Waals surface area contributed by atoms with Crippen molar-refractivity contribution in [2.75, 3.05) is 20.3 Å². The third kappa shape index (κ3) is 3.75. The van der Waals surface area contributed by atoms with Gasteiger partial charge in [0.1, 0.15) is 5.75 Å². The predicted octanol–water partition coefficient (Wildman–Crippen LogP) is 2.28. The van der Waals surface area contributed by atoms with Gasteiger partial charge < -0.3 is 14.2 Å². The average molecular weight is 377 g/mol. The predicted molar refractivity (Wildman–Crippen MR) is 94.4 cm³/mol. The quantitative estimate of drug-likeness (QED) is 0.879. The molecule has 8 heteroatoms. The SMILES string of the molecule is COc1cc(C(=O)NS(=O)(=O)c2ccc3c(c2)OCCCO3)ccc1C. The minimum atomic E-state index is -4.06. The van der Waals surface area contributed by atoms with Gasteiger partial charge in [-0.1, -0.05) is 6.07 Å². The van der Waals surface area contributed by atoms with Crippen LogP contribution in [-0.4, -0.2) is 34.6 Å². The Bertz CT molecular complexity index is 939. The van der Waals surface area contributed by atoms with Crippen molar-refractivity contribution in [3.63, 3.8) is 0 Å². The van der Waals surface area contributed by atoms with E-state index >= 15 is 0 Å². The Hall–Kier alpha value is -2.74. The second kappa shape index (κ2) is 7.25. The first-order chi connectivity index (χ1) is 12.4. The number of benzene rings is 2. The number of carbonyl (C=O) groups excluding carboxylic acids is 1. The number of hydrogen-bond donors (Lipinski definition) is 1. The van der Waals surface area contributed by atoms with E-state index in [-0.39, 0.29) is 10.5 Å². The van der Waals surface area contributed by atoms with E-state index in [2.05, 4.69) is 4.72 Å². The maximum absolute atomic E-state index is 12.5. The van der Waals surface area contributed by atoms with E-state index < -0.39 is 15.9 Å². The summed E-state index contributed by atoms with van der Waals surface area (Å²) < 4.78 is 43.3. The molecular weight excluding hydrogens is 358 g/mol. The first kappa shape index (κ1) is 18.1. The Morgan fingerprint density at radius 2 is 1.81 bits per heavy atom. The van der Waals surface area contributed by atoms with Gasteiger partial charge in [0.15, 0.2) is 11.5 Å². The minimum Gasteiger partial charge on any atom is -0.496 e. The van der Waals surface area contributed by atoms with Gasteiger partial charge in [0.2, 0.25) is 0 Å². The van der Waals surface area contributed by atoms with E-state index in [9.17, 15) is 13.2 Å². The standard InChI is InChI=1S/C18H19NO6S/c1-12-4-5-13(10-16(12)23-2)18(20)19-26(21,22)14-6-7-15-17(11-14)25-9-3-8-24-15/h4-7,10-11H,3,8-9H2,1-2H3,(H,19,20). The van der Waals surface area contributed by atoms with Crippen LogP contribution in [0.5, 0.6) is 17.2 Å². The molecule has 0 atom stereocenters. The molecule has 0 aliphatic carbocycles. The summed E-state index contributed by atoms with van der Waals surface area (Å²) >= 11 is 0. The zero-order chi connectivity index (χ0) is 18.7. The molecule has 0 spiro atoms. The van der Waals surface area contributed by atoms with Gasteiger partial charge >= 0.3 is 0 Å². The summed E-state index contributed by atoms with van der Waals surface area (Å²) in [6.07, 6.45) is 0.711. The highest BCUT2D eigenvalue weighted by atomic mass is 32.2. The zero-order valence-electron chi connectivity index (χ0n) is 14.4. The van der Waals surface area contributed by atoms with Crippen molar-refractivity contribution >= 4 is 15.9 Å². The summed E-state index contributed by atoms with van der Waals surface area (Å²) in [6.45, 7) is 2.77. The van der Waals surface area contributed by atoms with Gasteiger partial charge in [-0.2, -0.15) is 0 Å². The van der Waals surface area contributed by atoms with Gasteiger partial charge in [-0.3, -0.25) is 4.79 Å². The molecule has 0 saturated carbocycles. The Morgan fingerprint density at radius 3 is 2.54 bits per heavy atom. The number of nitrogens with one attached hydrogen (secondary N) is 1. The third-order valence-electron chi connectivity index (χ3n) is 3.93. The molecule has 26 heavy (non-hydrogen) atoms. The monoisotopic (exact) mass is 377 g/mol. The lowest BCUT2D eigenvalue weighted by atomic mass is 10.1. The summed E-state index contributed by atoms with van der Waals surface area (Å²) in [7, 11) is -2.57. The first-order valence-corrected chi connectivity index (χ1v) is 9.50. The molecule has 0 unspecified atom stereocenters. The Morgan fingerprint density at radius 1 is 1.08 bits per heavy atom. The molecule has 1 amide bonds. The van der Waals surface area contributed by atoms with Crippen molar-refractivity contribution in [3.8, 4) is 17.2 Å². The fourth-order valence-electron chi connectivity index (χ4n) is 2.51. The van der Waals surface area contributed by atoms with Crippen molar-refractivity contribution in [2.45, 2.75) is 18.2 Å². The molecule has 138 valence electrons. The van der Waals surface area contributed by atoms with Crippen LogP contribution in [0.4, 0.5) is 0 Å². The first-order valence-electron chi connectivity index (χ1n) is 8.02. The van der Waals surface area contributed by atoms with Gasteiger partial charge in [0, 0.05) is 18.1 Å². The van der Waals surface area contributed by atoms with Gasteiger partial charge in [0.05, 0.1) is 25.2 Å². The number of hydrogen-bond acceptors (Lipinski definition) is 6. The zero-order valence-corrected chi connectivity index (χ0v) is 15.3. The van der Waals surface area contributed by atoms with Crippen molar-refractivity contribution < 1.29 is 27.4 Å². The molecule has 1 aliphatic rings. The second-order valence-corrected chi connectivity index (χ2v) is 7.46. The molecule has 7 nitrogen and oxygen atoms in total. The second-order valence-electron chi connectivity index (χ2n) is 5.78. The molecule has 0 saturated heterocycles. The number of rotatable bonds is 4. The van der Waals surface area contributed by atoms with Crippen LogP contribution in [0.1, 0.15) is 22.3 Å². The smallest absolute Gasteiger partial charge is 0.265 e. The number of methoxy groups -OCH3 is 1. The molecule has 0 fully saturated rings. The maximum atomic E-state index is 12.5. The summed E-state index contributed by atoms with van der Waals surface area (Å²) in [6, 6.07) is 8.97. The molecule has 0 aromatic heterocycles. The lowest BCUT2D eigenvalue weighted by molar-refractivity contribution is 0.0981. The highest BCUT2D eigenvalue weighted by molar-refractivity contribution is 7.90. The molecule has 1 aliphatic heterocycles. The van der Waals surface area contributed by atoms with Crippen LogP contribution in [-0.2, 0) is 10.0 Å². The lowest BCUT2D eigenvalue weighted by Gasteiger charge is -2.11. The molecule has 3 rings (SSSR count). The number of sulfonamides is 1. The summed E-state index contributed by atoms with van der Waals surface area (Å²) in [5.74, 6) is 0.590. The van der Waals surface area contributed by atoms with Crippen molar-refractivity contribution in [3.05, 3.63) is 47.5 Å². The van der Waals surface area contributed by atoms with Crippen molar-refractivity contribution in [1.82, 2.24) is 4.72 Å².